The minimum atomic E-state index is -3.54. The number of fused-ring (bicyclic) bond motifs is 2. The van der Waals surface area contributed by atoms with Crippen LogP contribution in [0.4, 0.5) is 0 Å². The van der Waals surface area contributed by atoms with Gasteiger partial charge in [-0.1, -0.05) is 36.1 Å². The molecule has 0 spiro atoms. The molecular weight excluding hydrogens is 566 g/mol. The monoisotopic (exact) mass is 594 g/mol. The number of nitrogens with zero attached hydrogens (tertiary/aromatic N) is 3. The number of carbonyl (C=O) groups excluding carboxylic acids is 1. The number of aromatic nitrogens is 2. The molecule has 1 saturated heterocycles. The minimum absolute atomic E-state index is 0.0520. The number of aromatic hydroxyl groups is 2. The van der Waals surface area contributed by atoms with Crippen molar-refractivity contribution in [2.24, 2.45) is 11.8 Å². The van der Waals surface area contributed by atoms with Gasteiger partial charge in [0.15, 0.2) is 21.3 Å². The van der Waals surface area contributed by atoms with Gasteiger partial charge in [0.1, 0.15) is 18.4 Å². The van der Waals surface area contributed by atoms with E-state index in [2.05, 4.69) is 0 Å². The molecule has 4 atom stereocenters. The summed E-state index contributed by atoms with van der Waals surface area (Å²) < 4.78 is 29.2. The second-order valence-corrected chi connectivity index (χ2v) is 13.9. The minimum Gasteiger partial charge on any atom is -0.504 e. The lowest BCUT2D eigenvalue weighted by Gasteiger charge is -2.46. The molecule has 14 heteroatoms. The van der Waals surface area contributed by atoms with Crippen LogP contribution in [0, 0.1) is 11.8 Å². The van der Waals surface area contributed by atoms with Crippen LogP contribution in [-0.4, -0.2) is 74.2 Å². The van der Waals surface area contributed by atoms with Crippen molar-refractivity contribution in [3.8, 4) is 11.5 Å². The van der Waals surface area contributed by atoms with Crippen molar-refractivity contribution in [3.05, 3.63) is 46.9 Å². The zero-order chi connectivity index (χ0) is 28.4. The van der Waals surface area contributed by atoms with Crippen LogP contribution < -0.4 is 4.57 Å². The standard InChI is InChI=1S/C25H27N3O8S3/c1-12-18(21(25(33)34)28-20(12)19(13(2)29)22(28)32)17-9-27-11-26(23(37-3)24(27)38-17)6-7-39(35,36)10-14-4-5-15(30)16(31)8-14/h4-5,8-9,11-13,19-20,29H,6-7,10H2,1-3H3,(H2-,30,31,33,34)/p+1/t12-,13+,19+,20+/m0/s1. The average molecular weight is 595 g/mol. The number of carboxylic acids is 1. The van der Waals surface area contributed by atoms with Crippen LogP contribution in [0.1, 0.15) is 24.3 Å². The average Bonchev–Trinajstić information content (AvgIpc) is 3.46. The highest BCUT2D eigenvalue weighted by atomic mass is 32.2. The van der Waals surface area contributed by atoms with E-state index in [1.165, 1.54) is 46.2 Å². The number of sulfone groups is 1. The zero-order valence-electron chi connectivity index (χ0n) is 21.3. The van der Waals surface area contributed by atoms with Crippen molar-refractivity contribution in [1.82, 2.24) is 9.30 Å². The number of phenols is 2. The number of aryl methyl sites for hydroxylation is 1. The molecule has 2 aliphatic rings. The fourth-order valence-corrected chi connectivity index (χ4v) is 9.05. The van der Waals surface area contributed by atoms with Crippen molar-refractivity contribution < 1.29 is 43.0 Å². The molecule has 1 aromatic carbocycles. The van der Waals surface area contributed by atoms with Crippen LogP contribution in [-0.2, 0) is 31.7 Å². The third-order valence-electron chi connectivity index (χ3n) is 7.31. The van der Waals surface area contributed by atoms with Gasteiger partial charge in [-0.25, -0.2) is 17.8 Å². The van der Waals surface area contributed by atoms with E-state index in [0.717, 1.165) is 9.86 Å². The molecule has 39 heavy (non-hydrogen) atoms. The lowest BCUT2D eigenvalue weighted by Crippen LogP contribution is -2.63. The van der Waals surface area contributed by atoms with Crippen molar-refractivity contribution in [1.29, 1.82) is 0 Å². The number of hydrogen-bond acceptors (Lipinski definition) is 9. The number of hydrogen-bond donors (Lipinski definition) is 4. The van der Waals surface area contributed by atoms with Crippen LogP contribution >= 0.6 is 23.1 Å². The van der Waals surface area contributed by atoms with Gasteiger partial charge in [-0.3, -0.25) is 4.79 Å². The quantitative estimate of drug-likeness (QED) is 0.125. The van der Waals surface area contributed by atoms with Gasteiger partial charge in [-0.2, -0.15) is 4.40 Å². The number of thioether (sulfide) groups is 1. The van der Waals surface area contributed by atoms with E-state index in [4.69, 9.17) is 0 Å². The van der Waals surface area contributed by atoms with E-state index in [-0.39, 0.29) is 47.1 Å². The van der Waals surface area contributed by atoms with Gasteiger partial charge in [0.2, 0.25) is 15.8 Å². The molecule has 1 amide bonds. The van der Waals surface area contributed by atoms with Crippen LogP contribution in [0.25, 0.3) is 10.4 Å². The molecule has 208 valence electrons. The van der Waals surface area contributed by atoms with Crippen LogP contribution in [0.3, 0.4) is 0 Å². The summed E-state index contributed by atoms with van der Waals surface area (Å²) in [6, 6.07) is 3.52. The smallest absolute Gasteiger partial charge is 0.352 e. The number of aliphatic carboxylic acids is 1. The van der Waals surface area contributed by atoms with Gasteiger partial charge >= 0.3 is 5.97 Å². The van der Waals surface area contributed by atoms with E-state index < -0.39 is 33.9 Å². The number of aliphatic hydroxyl groups is 1. The van der Waals surface area contributed by atoms with Crippen molar-refractivity contribution in [3.63, 3.8) is 0 Å². The Morgan fingerprint density at radius 1 is 1.26 bits per heavy atom. The number of carboxylic acid groups (broad SMARTS) is 1. The molecule has 4 N–H and O–H groups in total. The Kier molecular flexibility index (Phi) is 6.94. The van der Waals surface area contributed by atoms with Crippen molar-refractivity contribution >= 4 is 55.2 Å². The molecule has 11 nitrogen and oxygen atoms in total. The molecule has 0 radical (unpaired) electrons. The first-order valence-corrected chi connectivity index (χ1v) is 16.0. The Balaban J connectivity index is 1.41. The van der Waals surface area contributed by atoms with Gasteiger partial charge in [0, 0.05) is 11.5 Å². The van der Waals surface area contributed by atoms with Crippen LogP contribution in [0.5, 0.6) is 11.5 Å². The maximum Gasteiger partial charge on any atom is 0.352 e. The number of aliphatic hydroxyl groups excluding tert-OH is 1. The summed E-state index contributed by atoms with van der Waals surface area (Å²) in [5.74, 6) is -3.63. The van der Waals surface area contributed by atoms with E-state index >= 15 is 0 Å². The Labute approximate surface area is 232 Å². The summed E-state index contributed by atoms with van der Waals surface area (Å²) >= 11 is 2.81. The maximum absolute atomic E-state index is 12.8. The molecule has 0 bridgehead atoms. The van der Waals surface area contributed by atoms with Crippen LogP contribution in [0.2, 0.25) is 0 Å². The van der Waals surface area contributed by atoms with E-state index in [1.54, 1.807) is 19.4 Å². The fraction of sp³-hybridized carbons (Fsp3) is 0.400. The summed E-state index contributed by atoms with van der Waals surface area (Å²) in [5.41, 5.74) is 0.872. The molecule has 2 aromatic heterocycles. The highest BCUT2D eigenvalue weighted by molar-refractivity contribution is 7.98. The van der Waals surface area contributed by atoms with Gasteiger partial charge in [0.25, 0.3) is 6.33 Å². The first-order chi connectivity index (χ1) is 18.3. The maximum atomic E-state index is 12.8. The molecule has 4 heterocycles. The molecular formula is C25H28N3O8S3+. The van der Waals surface area contributed by atoms with Crippen molar-refractivity contribution in [2.75, 3.05) is 12.0 Å². The first kappa shape index (κ1) is 27.5. The predicted molar refractivity (Wildman–Crippen MR) is 144 cm³/mol. The Hall–Kier alpha value is -3.07. The molecule has 0 unspecified atom stereocenters. The molecule has 1 fully saturated rings. The normalized spacial score (nSPS) is 21.9. The Morgan fingerprint density at radius 3 is 2.59 bits per heavy atom. The SMILES string of the molecule is CSc1c2sc(C3=C(C(=O)O)N4C(=O)[C@H]([C@@H](C)O)[C@H]4[C@H]3C)cn2c[n+]1CCS(=O)(=O)Cc1ccc(O)c(O)c1. The number of thiazole rings is 1. The third-order valence-corrected chi connectivity index (χ3v) is 11.0. The number of benzene rings is 1. The van der Waals surface area contributed by atoms with Crippen molar-refractivity contribution in [2.45, 2.75) is 43.3 Å². The summed E-state index contributed by atoms with van der Waals surface area (Å²) in [6.07, 6.45) is 4.55. The number of rotatable bonds is 9. The molecule has 2 aliphatic heterocycles. The van der Waals surface area contributed by atoms with Crippen LogP contribution in [0.15, 0.2) is 41.4 Å². The zero-order valence-corrected chi connectivity index (χ0v) is 23.8. The number of amides is 1. The molecule has 5 rings (SSSR count). The van der Waals surface area contributed by atoms with E-state index in [0.29, 0.717) is 16.0 Å². The van der Waals surface area contributed by atoms with E-state index in [9.17, 15) is 38.4 Å². The molecule has 0 saturated carbocycles. The second kappa shape index (κ2) is 9.84. The number of carbonyl (C=O) groups is 2. The van der Waals surface area contributed by atoms with Gasteiger partial charge in [0.05, 0.1) is 34.4 Å². The highest BCUT2D eigenvalue weighted by Crippen LogP contribution is 2.51. The third kappa shape index (κ3) is 4.58. The number of imidazole rings is 1. The second-order valence-electron chi connectivity index (χ2n) is 9.86. The van der Waals surface area contributed by atoms with Gasteiger partial charge in [-0.15, -0.1) is 0 Å². The van der Waals surface area contributed by atoms with E-state index in [1.807, 2.05) is 22.1 Å². The number of β-lactam (4-membered cyclic amide) rings is 1. The summed E-state index contributed by atoms with van der Waals surface area (Å²) in [6.45, 7) is 3.60. The molecule has 3 aromatic rings. The topological polar surface area (TPSA) is 161 Å². The Bertz CT molecular complexity index is 1640. The number of phenolic OH excluding ortho intramolecular Hbond substituents is 2. The summed E-state index contributed by atoms with van der Waals surface area (Å²) in [4.78, 5) is 27.7. The van der Waals surface area contributed by atoms with Gasteiger partial charge in [-0.05, 0) is 30.9 Å². The summed E-state index contributed by atoms with van der Waals surface area (Å²) in [5, 5.41) is 40.0. The lowest BCUT2D eigenvalue weighted by atomic mass is 9.77. The Morgan fingerprint density at radius 2 is 1.97 bits per heavy atom. The summed E-state index contributed by atoms with van der Waals surface area (Å²) in [7, 11) is -3.54. The first-order valence-electron chi connectivity index (χ1n) is 12.1. The predicted octanol–water partition coefficient (Wildman–Crippen LogP) is 1.69. The highest BCUT2D eigenvalue weighted by Gasteiger charge is 2.60. The fourth-order valence-electron chi connectivity index (χ4n) is 5.54. The largest absolute Gasteiger partial charge is 0.504 e. The lowest BCUT2D eigenvalue weighted by molar-refractivity contribution is -0.725. The molecule has 0 aliphatic carbocycles. The van der Waals surface area contributed by atoms with Gasteiger partial charge < -0.3 is 25.3 Å².